The van der Waals surface area contributed by atoms with Gasteiger partial charge in [0.25, 0.3) is 0 Å². The minimum Gasteiger partial charge on any atom is -0.314 e. The zero-order valence-electron chi connectivity index (χ0n) is 11.5. The van der Waals surface area contributed by atoms with Gasteiger partial charge in [-0.3, -0.25) is 4.90 Å². The highest BCUT2D eigenvalue weighted by molar-refractivity contribution is 9.10. The number of rotatable bonds is 3. The van der Waals surface area contributed by atoms with Gasteiger partial charge in [0.15, 0.2) is 0 Å². The molecule has 1 aliphatic heterocycles. The van der Waals surface area contributed by atoms with Crippen molar-refractivity contribution in [3.8, 4) is 0 Å². The third-order valence-corrected chi connectivity index (χ3v) is 4.56. The number of hydrogen-bond acceptors (Lipinski definition) is 2. The fraction of sp³-hybridized carbons (Fsp3) is 0.538. The van der Waals surface area contributed by atoms with Crippen LogP contribution in [0.2, 0.25) is 5.02 Å². The van der Waals surface area contributed by atoms with E-state index in [0.717, 1.165) is 0 Å². The van der Waals surface area contributed by atoms with Gasteiger partial charge in [0.2, 0.25) is 0 Å². The molecule has 1 fully saturated rings. The summed E-state index contributed by atoms with van der Waals surface area (Å²) in [6.45, 7) is 2.65. The molecule has 0 spiro atoms. The first kappa shape index (κ1) is 22.3. The third kappa shape index (κ3) is 6.42. The summed E-state index contributed by atoms with van der Waals surface area (Å²) in [5.41, 5.74) is 0.639. The van der Waals surface area contributed by atoms with Gasteiger partial charge in [-0.25, -0.2) is 0 Å². The van der Waals surface area contributed by atoms with E-state index >= 15 is 0 Å². The molecule has 0 bridgehead atoms. The van der Waals surface area contributed by atoms with Gasteiger partial charge < -0.3 is 5.32 Å². The lowest BCUT2D eigenvalue weighted by Gasteiger charge is -2.35. The van der Waals surface area contributed by atoms with Crippen molar-refractivity contribution in [2.45, 2.75) is 18.6 Å². The molecule has 1 aliphatic rings. The minimum atomic E-state index is -4.19. The van der Waals surface area contributed by atoms with Gasteiger partial charge in [0.1, 0.15) is 0 Å². The molecule has 0 aliphatic carbocycles. The maximum absolute atomic E-state index is 12.8. The second kappa shape index (κ2) is 9.55. The molecule has 22 heavy (non-hydrogen) atoms. The monoisotopic (exact) mass is 442 g/mol. The average molecular weight is 445 g/mol. The third-order valence-electron chi connectivity index (χ3n) is 3.35. The summed E-state index contributed by atoms with van der Waals surface area (Å²) in [7, 11) is 0. The molecule has 1 saturated heterocycles. The van der Waals surface area contributed by atoms with Gasteiger partial charge in [-0.15, -0.1) is 24.8 Å². The predicted molar refractivity (Wildman–Crippen MR) is 91.5 cm³/mol. The lowest BCUT2D eigenvalue weighted by Crippen LogP contribution is -2.46. The Morgan fingerprint density at radius 2 is 1.82 bits per heavy atom. The first-order chi connectivity index (χ1) is 9.37. The number of nitrogens with zero attached hydrogens (tertiary/aromatic N) is 1. The van der Waals surface area contributed by atoms with Crippen LogP contribution in [-0.4, -0.2) is 37.3 Å². The summed E-state index contributed by atoms with van der Waals surface area (Å²) < 4.78 is 39.2. The summed E-state index contributed by atoms with van der Waals surface area (Å²) in [4.78, 5) is 1.87. The van der Waals surface area contributed by atoms with Crippen LogP contribution in [0.5, 0.6) is 0 Å². The van der Waals surface area contributed by atoms with Crippen LogP contribution in [0.1, 0.15) is 18.0 Å². The van der Waals surface area contributed by atoms with Gasteiger partial charge >= 0.3 is 6.18 Å². The first-order valence-electron chi connectivity index (χ1n) is 6.33. The van der Waals surface area contributed by atoms with E-state index < -0.39 is 18.6 Å². The number of halogens is 7. The maximum Gasteiger partial charge on any atom is 0.390 e. The number of nitrogens with one attached hydrogen (secondary N) is 1. The summed E-state index contributed by atoms with van der Waals surface area (Å²) in [5.74, 6) is 0. The van der Waals surface area contributed by atoms with E-state index in [-0.39, 0.29) is 24.8 Å². The molecule has 2 nitrogen and oxygen atoms in total. The highest BCUT2D eigenvalue weighted by atomic mass is 79.9. The molecule has 0 saturated carbocycles. The van der Waals surface area contributed by atoms with Crippen molar-refractivity contribution in [1.82, 2.24) is 10.2 Å². The van der Waals surface area contributed by atoms with Crippen LogP contribution in [0.25, 0.3) is 0 Å². The molecule has 1 heterocycles. The standard InChI is InChI=1S/C13H15BrClF3N2.2ClH/c14-10-7-9(1-2-11(10)15)12(8-13(16,17)18)20-5-3-19-4-6-20;;/h1-2,7,12,19H,3-6,8H2;2*1H/t12-;;/m1../s1. The van der Waals surface area contributed by atoms with E-state index in [9.17, 15) is 13.2 Å². The van der Waals surface area contributed by atoms with Gasteiger partial charge in [0, 0.05) is 36.7 Å². The van der Waals surface area contributed by atoms with Crippen LogP contribution in [0.4, 0.5) is 13.2 Å². The number of alkyl halides is 3. The zero-order valence-corrected chi connectivity index (χ0v) is 15.5. The Morgan fingerprint density at radius 3 is 2.32 bits per heavy atom. The molecule has 1 aromatic rings. The highest BCUT2D eigenvalue weighted by Crippen LogP contribution is 2.36. The Labute approximate surface area is 153 Å². The largest absolute Gasteiger partial charge is 0.390 e. The summed E-state index contributed by atoms with van der Waals surface area (Å²) in [6.07, 6.45) is -5.04. The molecule has 128 valence electrons. The Kier molecular flexibility index (Phi) is 9.67. The van der Waals surface area contributed by atoms with Gasteiger partial charge in [0.05, 0.1) is 11.4 Å². The van der Waals surface area contributed by atoms with Crippen molar-refractivity contribution in [1.29, 1.82) is 0 Å². The average Bonchev–Trinajstić information content (AvgIpc) is 2.39. The molecule has 0 unspecified atom stereocenters. The van der Waals surface area contributed by atoms with E-state index in [0.29, 0.717) is 41.2 Å². The molecule has 0 aromatic heterocycles. The molecule has 1 aromatic carbocycles. The SMILES string of the molecule is Cl.Cl.FC(F)(F)C[C@H](c1ccc(Cl)c(Br)c1)N1CCNCC1. The lowest BCUT2D eigenvalue weighted by molar-refractivity contribution is -0.148. The summed E-state index contributed by atoms with van der Waals surface area (Å²) in [6, 6.07) is 4.32. The minimum absolute atomic E-state index is 0. The van der Waals surface area contributed by atoms with E-state index in [4.69, 9.17) is 11.6 Å². The Hall–Kier alpha value is 0.280. The fourth-order valence-corrected chi connectivity index (χ4v) is 2.90. The van der Waals surface area contributed by atoms with Crippen LogP contribution < -0.4 is 5.32 Å². The Bertz CT molecular complexity index is 468. The zero-order chi connectivity index (χ0) is 14.8. The van der Waals surface area contributed by atoms with Crippen LogP contribution in [0, 0.1) is 0 Å². The smallest absolute Gasteiger partial charge is 0.314 e. The van der Waals surface area contributed by atoms with Crippen molar-refractivity contribution in [3.63, 3.8) is 0 Å². The van der Waals surface area contributed by atoms with Gasteiger partial charge in [-0.05, 0) is 33.6 Å². The number of hydrogen-bond donors (Lipinski definition) is 1. The fourth-order valence-electron chi connectivity index (χ4n) is 2.39. The van der Waals surface area contributed by atoms with Crippen LogP contribution in [-0.2, 0) is 0 Å². The first-order valence-corrected chi connectivity index (χ1v) is 7.50. The van der Waals surface area contributed by atoms with Crippen molar-refractivity contribution in [3.05, 3.63) is 33.3 Å². The number of benzene rings is 1. The van der Waals surface area contributed by atoms with E-state index in [1.54, 1.807) is 18.2 Å². The normalized spacial score (nSPS) is 17.3. The number of piperazine rings is 1. The summed E-state index contributed by atoms with van der Waals surface area (Å²) >= 11 is 9.19. The molecule has 2 rings (SSSR count). The van der Waals surface area contributed by atoms with Gasteiger partial charge in [-0.2, -0.15) is 13.2 Å². The van der Waals surface area contributed by atoms with Crippen LogP contribution >= 0.6 is 52.3 Å². The predicted octanol–water partition coefficient (Wildman–Crippen LogP) is 4.84. The molecular weight excluding hydrogens is 427 g/mol. The maximum atomic E-state index is 12.8. The van der Waals surface area contributed by atoms with Crippen LogP contribution in [0.15, 0.2) is 22.7 Å². The van der Waals surface area contributed by atoms with Crippen molar-refractivity contribution in [2.75, 3.05) is 26.2 Å². The molecule has 9 heteroatoms. The van der Waals surface area contributed by atoms with E-state index in [1.807, 2.05) is 4.90 Å². The topological polar surface area (TPSA) is 15.3 Å². The summed E-state index contributed by atoms with van der Waals surface area (Å²) in [5, 5.41) is 3.65. The van der Waals surface area contributed by atoms with E-state index in [2.05, 4.69) is 21.2 Å². The second-order valence-electron chi connectivity index (χ2n) is 4.79. The quantitative estimate of drug-likeness (QED) is 0.718. The van der Waals surface area contributed by atoms with E-state index in [1.165, 1.54) is 0 Å². The van der Waals surface area contributed by atoms with Crippen molar-refractivity contribution in [2.24, 2.45) is 0 Å². The Morgan fingerprint density at radius 1 is 1.23 bits per heavy atom. The molecule has 1 N–H and O–H groups in total. The van der Waals surface area contributed by atoms with Crippen molar-refractivity contribution < 1.29 is 13.2 Å². The molecule has 0 amide bonds. The second-order valence-corrected chi connectivity index (χ2v) is 6.06. The Balaban J connectivity index is 0.00000220. The molecule has 0 radical (unpaired) electrons. The molecular formula is C13H17BrCl3F3N2. The molecule has 1 atom stereocenters. The lowest BCUT2D eigenvalue weighted by atomic mass is 10.0. The van der Waals surface area contributed by atoms with Crippen LogP contribution in [0.3, 0.4) is 0 Å². The van der Waals surface area contributed by atoms with Gasteiger partial charge in [-0.1, -0.05) is 17.7 Å². The highest BCUT2D eigenvalue weighted by Gasteiger charge is 2.36. The van der Waals surface area contributed by atoms with Crippen molar-refractivity contribution >= 4 is 52.3 Å².